The summed E-state index contributed by atoms with van der Waals surface area (Å²) in [6.07, 6.45) is 1.71. The summed E-state index contributed by atoms with van der Waals surface area (Å²) in [6.45, 7) is 2.31. The summed E-state index contributed by atoms with van der Waals surface area (Å²) >= 11 is 5.87. The molecule has 4 nitrogen and oxygen atoms in total. The smallest absolute Gasteiger partial charge is 0.257 e. The first-order valence-electron chi connectivity index (χ1n) is 6.43. The Morgan fingerprint density at radius 1 is 1.58 bits per heavy atom. The highest BCUT2D eigenvalue weighted by Gasteiger charge is 2.21. The minimum Gasteiger partial charge on any atom is -0.483 e. The van der Waals surface area contributed by atoms with Gasteiger partial charge in [0.1, 0.15) is 5.75 Å². The Morgan fingerprint density at radius 2 is 2.32 bits per heavy atom. The van der Waals surface area contributed by atoms with Crippen LogP contribution in [-0.4, -0.2) is 24.2 Å². The van der Waals surface area contributed by atoms with E-state index in [2.05, 4.69) is 5.32 Å². The van der Waals surface area contributed by atoms with Crippen LogP contribution >= 0.6 is 11.6 Å². The van der Waals surface area contributed by atoms with E-state index in [1.807, 2.05) is 0 Å². The Balaban J connectivity index is 1.88. The van der Waals surface area contributed by atoms with Gasteiger partial charge in [0.05, 0.1) is 6.10 Å². The zero-order valence-electron chi connectivity index (χ0n) is 10.9. The van der Waals surface area contributed by atoms with Crippen LogP contribution in [0.4, 0.5) is 0 Å². The van der Waals surface area contributed by atoms with Crippen LogP contribution in [0.25, 0.3) is 0 Å². The number of halogens is 1. The number of hydrogen-bond donors (Lipinski definition) is 2. The predicted molar refractivity (Wildman–Crippen MR) is 73.3 cm³/mol. The van der Waals surface area contributed by atoms with Crippen molar-refractivity contribution >= 4 is 17.5 Å². The van der Waals surface area contributed by atoms with E-state index in [9.17, 15) is 9.90 Å². The summed E-state index contributed by atoms with van der Waals surface area (Å²) in [5.74, 6) is 0.992. The molecule has 2 rings (SSSR count). The second kappa shape index (κ2) is 6.26. The standard InChI is InChI=1S/C14H18ClNO3/c1-9(17)12-6-11(15)4-5-13(12)19-8-14(18)16-7-10-2-3-10/h4-6,9-10,17H,2-3,7-8H2,1H3,(H,16,18). The Bertz CT molecular complexity index is 458. The molecule has 0 aliphatic heterocycles. The highest BCUT2D eigenvalue weighted by molar-refractivity contribution is 6.30. The van der Waals surface area contributed by atoms with Crippen molar-refractivity contribution < 1.29 is 14.6 Å². The SMILES string of the molecule is CC(O)c1cc(Cl)ccc1OCC(=O)NCC1CC1. The number of carbonyl (C=O) groups is 1. The number of hydrogen-bond acceptors (Lipinski definition) is 3. The molecule has 0 bridgehead atoms. The van der Waals surface area contributed by atoms with E-state index in [1.54, 1.807) is 25.1 Å². The van der Waals surface area contributed by atoms with E-state index in [-0.39, 0.29) is 12.5 Å². The Labute approximate surface area is 117 Å². The zero-order valence-corrected chi connectivity index (χ0v) is 11.6. The molecular weight excluding hydrogens is 266 g/mol. The molecule has 0 spiro atoms. The molecule has 1 fully saturated rings. The van der Waals surface area contributed by atoms with E-state index in [0.29, 0.717) is 22.3 Å². The fourth-order valence-electron chi connectivity index (χ4n) is 1.75. The summed E-state index contributed by atoms with van der Waals surface area (Å²) in [5.41, 5.74) is 0.586. The Morgan fingerprint density at radius 3 is 2.95 bits per heavy atom. The number of aliphatic hydroxyl groups excluding tert-OH is 1. The second-order valence-corrected chi connectivity index (χ2v) is 5.33. The van der Waals surface area contributed by atoms with Gasteiger partial charge in [-0.15, -0.1) is 0 Å². The summed E-state index contributed by atoms with van der Waals surface area (Å²) < 4.78 is 5.44. The third-order valence-electron chi connectivity index (χ3n) is 3.07. The molecule has 1 saturated carbocycles. The normalized spacial score (nSPS) is 15.9. The number of benzene rings is 1. The largest absolute Gasteiger partial charge is 0.483 e. The number of ether oxygens (including phenoxy) is 1. The molecule has 1 atom stereocenters. The molecule has 0 aromatic heterocycles. The molecule has 1 amide bonds. The van der Waals surface area contributed by atoms with E-state index in [0.717, 1.165) is 6.54 Å². The fourth-order valence-corrected chi connectivity index (χ4v) is 1.93. The molecule has 104 valence electrons. The summed E-state index contributed by atoms with van der Waals surface area (Å²) in [6, 6.07) is 4.98. The zero-order chi connectivity index (χ0) is 13.8. The first-order chi connectivity index (χ1) is 9.06. The summed E-state index contributed by atoms with van der Waals surface area (Å²) in [7, 11) is 0. The van der Waals surface area contributed by atoms with Crippen LogP contribution in [0.15, 0.2) is 18.2 Å². The highest BCUT2D eigenvalue weighted by atomic mass is 35.5. The van der Waals surface area contributed by atoms with E-state index < -0.39 is 6.10 Å². The lowest BCUT2D eigenvalue weighted by molar-refractivity contribution is -0.123. The van der Waals surface area contributed by atoms with Crippen molar-refractivity contribution in [3.05, 3.63) is 28.8 Å². The Kier molecular flexibility index (Phi) is 4.66. The number of aliphatic hydroxyl groups is 1. The van der Waals surface area contributed by atoms with Crippen LogP contribution in [0.3, 0.4) is 0 Å². The van der Waals surface area contributed by atoms with Gasteiger partial charge in [-0.3, -0.25) is 4.79 Å². The van der Waals surface area contributed by atoms with Crippen LogP contribution in [0, 0.1) is 5.92 Å². The predicted octanol–water partition coefficient (Wildman–Crippen LogP) is 2.30. The average Bonchev–Trinajstić information content (AvgIpc) is 3.18. The minimum atomic E-state index is -0.691. The van der Waals surface area contributed by atoms with Crippen LogP contribution in [0.5, 0.6) is 5.75 Å². The lowest BCUT2D eigenvalue weighted by Gasteiger charge is -2.13. The number of nitrogens with one attached hydrogen (secondary N) is 1. The molecule has 1 aliphatic rings. The average molecular weight is 284 g/mol. The molecule has 5 heteroatoms. The van der Waals surface area contributed by atoms with Crippen LogP contribution < -0.4 is 10.1 Å². The minimum absolute atomic E-state index is 0.0475. The monoisotopic (exact) mass is 283 g/mol. The summed E-state index contributed by atoms with van der Waals surface area (Å²) in [4.78, 5) is 11.6. The topological polar surface area (TPSA) is 58.6 Å². The van der Waals surface area contributed by atoms with Gasteiger partial charge < -0.3 is 15.2 Å². The second-order valence-electron chi connectivity index (χ2n) is 4.89. The van der Waals surface area contributed by atoms with Gasteiger partial charge in [-0.05, 0) is 43.9 Å². The number of amides is 1. The van der Waals surface area contributed by atoms with Crippen molar-refractivity contribution in [1.29, 1.82) is 0 Å². The lowest BCUT2D eigenvalue weighted by atomic mass is 10.1. The molecular formula is C14H18ClNO3. The van der Waals surface area contributed by atoms with Gasteiger partial charge in [-0.1, -0.05) is 11.6 Å². The van der Waals surface area contributed by atoms with Gasteiger partial charge in [0.15, 0.2) is 6.61 Å². The third-order valence-corrected chi connectivity index (χ3v) is 3.30. The van der Waals surface area contributed by atoms with Gasteiger partial charge in [0.25, 0.3) is 5.91 Å². The van der Waals surface area contributed by atoms with Crippen molar-refractivity contribution in [3.8, 4) is 5.75 Å². The molecule has 19 heavy (non-hydrogen) atoms. The van der Waals surface area contributed by atoms with Crippen molar-refractivity contribution in [1.82, 2.24) is 5.32 Å². The van der Waals surface area contributed by atoms with Crippen LogP contribution in [-0.2, 0) is 4.79 Å². The van der Waals surface area contributed by atoms with Gasteiger partial charge >= 0.3 is 0 Å². The maximum atomic E-state index is 11.6. The van der Waals surface area contributed by atoms with Gasteiger partial charge in [-0.2, -0.15) is 0 Å². The molecule has 1 aromatic rings. The van der Waals surface area contributed by atoms with E-state index >= 15 is 0 Å². The van der Waals surface area contributed by atoms with E-state index in [4.69, 9.17) is 16.3 Å². The molecule has 1 unspecified atom stereocenters. The number of carbonyl (C=O) groups excluding carboxylic acids is 1. The highest BCUT2D eigenvalue weighted by Crippen LogP contribution is 2.28. The molecule has 1 aromatic carbocycles. The first kappa shape index (κ1) is 14.2. The van der Waals surface area contributed by atoms with Crippen LogP contribution in [0.1, 0.15) is 31.4 Å². The maximum Gasteiger partial charge on any atom is 0.257 e. The van der Waals surface area contributed by atoms with Crippen molar-refractivity contribution in [2.24, 2.45) is 5.92 Å². The number of rotatable bonds is 6. The molecule has 1 aliphatic carbocycles. The fraction of sp³-hybridized carbons (Fsp3) is 0.500. The van der Waals surface area contributed by atoms with Crippen molar-refractivity contribution in [2.45, 2.75) is 25.9 Å². The lowest BCUT2D eigenvalue weighted by Crippen LogP contribution is -2.30. The molecule has 2 N–H and O–H groups in total. The summed E-state index contributed by atoms with van der Waals surface area (Å²) in [5, 5.41) is 13.0. The molecule has 0 saturated heterocycles. The molecule has 0 heterocycles. The first-order valence-corrected chi connectivity index (χ1v) is 6.81. The van der Waals surface area contributed by atoms with Crippen molar-refractivity contribution in [3.63, 3.8) is 0 Å². The van der Waals surface area contributed by atoms with Crippen LogP contribution in [0.2, 0.25) is 5.02 Å². The van der Waals surface area contributed by atoms with Gasteiger partial charge in [0, 0.05) is 17.1 Å². The van der Waals surface area contributed by atoms with E-state index in [1.165, 1.54) is 12.8 Å². The maximum absolute atomic E-state index is 11.6. The molecule has 0 radical (unpaired) electrons. The van der Waals surface area contributed by atoms with Gasteiger partial charge in [0.2, 0.25) is 0 Å². The Hall–Kier alpha value is -1.26. The van der Waals surface area contributed by atoms with Gasteiger partial charge in [-0.25, -0.2) is 0 Å². The third kappa shape index (κ3) is 4.40. The quantitative estimate of drug-likeness (QED) is 0.842. The van der Waals surface area contributed by atoms with Crippen molar-refractivity contribution in [2.75, 3.05) is 13.2 Å².